The van der Waals surface area contributed by atoms with Crippen molar-refractivity contribution in [3.63, 3.8) is 0 Å². The quantitative estimate of drug-likeness (QED) is 0.328. The molecule has 11 heteroatoms. The van der Waals surface area contributed by atoms with Crippen LogP contribution in [0.5, 0.6) is 5.88 Å². The summed E-state index contributed by atoms with van der Waals surface area (Å²) >= 11 is 0. The molecular formula is C28H36N4O6S. The molecule has 0 radical (unpaired) electrons. The molecule has 1 aromatic heterocycles. The van der Waals surface area contributed by atoms with Crippen molar-refractivity contribution >= 4 is 21.9 Å². The van der Waals surface area contributed by atoms with Crippen LogP contribution in [0.25, 0.3) is 11.3 Å². The molecule has 3 N–H and O–H groups in total. The first-order chi connectivity index (χ1) is 18.2. The highest BCUT2D eigenvalue weighted by Crippen LogP contribution is 2.31. The Hall–Kier alpha value is -3.54. The number of sulfonamides is 1. The second-order valence-corrected chi connectivity index (χ2v) is 12.5. The molecule has 0 aliphatic rings. The number of aromatic carboxylic acids is 1. The number of aryl methyl sites for hydroxylation is 2. The highest BCUT2D eigenvalue weighted by Gasteiger charge is 2.29. The maximum absolute atomic E-state index is 13.7. The lowest BCUT2D eigenvalue weighted by Crippen LogP contribution is -2.35. The molecule has 0 fully saturated rings. The van der Waals surface area contributed by atoms with E-state index in [-0.39, 0.29) is 40.4 Å². The van der Waals surface area contributed by atoms with Crippen molar-refractivity contribution in [2.24, 2.45) is 11.1 Å². The van der Waals surface area contributed by atoms with Crippen LogP contribution in [0.1, 0.15) is 48.7 Å². The topological polar surface area (TPSA) is 145 Å². The molecular weight excluding hydrogens is 520 g/mol. The number of anilines is 1. The van der Waals surface area contributed by atoms with Crippen LogP contribution >= 0.6 is 0 Å². The van der Waals surface area contributed by atoms with Gasteiger partial charge in [0.05, 0.1) is 16.2 Å². The number of methoxy groups -OCH3 is 1. The van der Waals surface area contributed by atoms with Crippen molar-refractivity contribution in [1.82, 2.24) is 9.97 Å². The summed E-state index contributed by atoms with van der Waals surface area (Å²) in [5.74, 6) is -1.28. The first-order valence-corrected chi connectivity index (χ1v) is 13.9. The third kappa shape index (κ3) is 7.53. The van der Waals surface area contributed by atoms with Crippen molar-refractivity contribution in [1.29, 1.82) is 0 Å². The molecule has 0 saturated carbocycles. The van der Waals surface area contributed by atoms with Crippen LogP contribution < -0.4 is 14.8 Å². The zero-order valence-corrected chi connectivity index (χ0v) is 23.9. The number of carbonyl (C=O) groups is 1. The summed E-state index contributed by atoms with van der Waals surface area (Å²) in [5, 5.41) is 9.37. The Morgan fingerprint density at radius 2 is 1.72 bits per heavy atom. The average Bonchev–Trinajstić information content (AvgIpc) is 2.85. The third-order valence-electron chi connectivity index (χ3n) is 5.89. The van der Waals surface area contributed by atoms with Gasteiger partial charge in [-0.1, -0.05) is 45.0 Å². The SMILES string of the molecule is COCN(c1nc(OC[C@H](N)CC(C)(C)C)cc(-c2c(C)cccc2C)n1)S(=O)(=O)c1cccc(C(=O)O)c1. The van der Waals surface area contributed by atoms with E-state index in [4.69, 9.17) is 15.2 Å². The predicted octanol–water partition coefficient (Wildman–Crippen LogP) is 4.40. The van der Waals surface area contributed by atoms with Gasteiger partial charge < -0.3 is 20.3 Å². The molecule has 0 bridgehead atoms. The Balaban J connectivity index is 2.14. The van der Waals surface area contributed by atoms with E-state index in [1.54, 1.807) is 6.07 Å². The minimum atomic E-state index is -4.32. The molecule has 0 amide bonds. The summed E-state index contributed by atoms with van der Waals surface area (Å²) in [4.78, 5) is 20.3. The highest BCUT2D eigenvalue weighted by molar-refractivity contribution is 7.92. The number of ether oxygens (including phenoxy) is 2. The van der Waals surface area contributed by atoms with Crippen LogP contribution in [0.4, 0.5) is 5.95 Å². The molecule has 0 spiro atoms. The number of aromatic nitrogens is 2. The van der Waals surface area contributed by atoms with Crippen LogP contribution in [-0.4, -0.2) is 56.0 Å². The number of hydrogen-bond acceptors (Lipinski definition) is 8. The number of nitrogens with zero attached hydrogens (tertiary/aromatic N) is 3. The van der Waals surface area contributed by atoms with Gasteiger partial charge in [0.15, 0.2) is 0 Å². The molecule has 3 aromatic rings. The first-order valence-electron chi connectivity index (χ1n) is 12.4. The molecule has 2 aromatic carbocycles. The number of carboxylic acids is 1. The van der Waals surface area contributed by atoms with Crippen molar-refractivity contribution in [3.05, 3.63) is 65.2 Å². The van der Waals surface area contributed by atoms with E-state index in [0.29, 0.717) is 12.1 Å². The van der Waals surface area contributed by atoms with E-state index in [9.17, 15) is 18.3 Å². The molecule has 3 rings (SSSR count). The Bertz CT molecular complexity index is 1420. The second-order valence-electron chi connectivity index (χ2n) is 10.6. The van der Waals surface area contributed by atoms with Crippen LogP contribution in [0.2, 0.25) is 0 Å². The van der Waals surface area contributed by atoms with Crippen LogP contribution in [0.3, 0.4) is 0 Å². The summed E-state index contributed by atoms with van der Waals surface area (Å²) in [7, 11) is -2.98. The summed E-state index contributed by atoms with van der Waals surface area (Å²) in [5.41, 5.74) is 9.26. The van der Waals surface area contributed by atoms with Gasteiger partial charge >= 0.3 is 5.97 Å². The Labute approximate surface area is 229 Å². The number of rotatable bonds is 11. The van der Waals surface area contributed by atoms with Gasteiger partial charge in [-0.15, -0.1) is 0 Å². The van der Waals surface area contributed by atoms with E-state index in [1.165, 1.54) is 25.3 Å². The minimum Gasteiger partial charge on any atom is -0.478 e. The van der Waals surface area contributed by atoms with Crippen molar-refractivity contribution < 1.29 is 27.8 Å². The van der Waals surface area contributed by atoms with Crippen molar-refractivity contribution in [3.8, 4) is 17.1 Å². The number of benzene rings is 2. The molecule has 0 aliphatic heterocycles. The minimum absolute atomic E-state index is 0.00311. The molecule has 1 heterocycles. The summed E-state index contributed by atoms with van der Waals surface area (Å²) < 4.78 is 39.5. The summed E-state index contributed by atoms with van der Waals surface area (Å²) in [6, 6.07) is 12.2. The van der Waals surface area contributed by atoms with Crippen LogP contribution in [-0.2, 0) is 14.8 Å². The van der Waals surface area contributed by atoms with E-state index in [1.807, 2.05) is 32.0 Å². The lowest BCUT2D eigenvalue weighted by molar-refractivity contribution is 0.0696. The van der Waals surface area contributed by atoms with Gasteiger partial charge in [-0.2, -0.15) is 4.98 Å². The summed E-state index contributed by atoms with van der Waals surface area (Å²) in [6.07, 6.45) is 0.707. The van der Waals surface area contributed by atoms with Gasteiger partial charge in [-0.3, -0.25) is 0 Å². The van der Waals surface area contributed by atoms with E-state index >= 15 is 0 Å². The van der Waals surface area contributed by atoms with E-state index in [0.717, 1.165) is 27.1 Å². The second kappa shape index (κ2) is 12.1. The number of nitrogens with two attached hydrogens (primary N) is 1. The fraction of sp³-hybridized carbons (Fsp3) is 0.393. The molecule has 0 unspecified atom stereocenters. The smallest absolute Gasteiger partial charge is 0.335 e. The Morgan fingerprint density at radius 1 is 1.08 bits per heavy atom. The maximum atomic E-state index is 13.7. The predicted molar refractivity (Wildman–Crippen MR) is 149 cm³/mol. The molecule has 1 atom stereocenters. The standard InChI is InChI=1S/C28H36N4O6S/c1-18-9-7-10-19(2)25(18)23-14-24(38-16-21(29)15-28(3,4)5)31-27(30-23)32(17-37-6)39(35,36)22-12-8-11-20(13-22)26(33)34/h7-14,21H,15-17,29H2,1-6H3,(H,33,34)/t21-/m1/s1. The van der Waals surface area contributed by atoms with Gasteiger partial charge in [0.1, 0.15) is 13.3 Å². The van der Waals surface area contributed by atoms with Gasteiger partial charge in [0, 0.05) is 24.8 Å². The Kier molecular flexibility index (Phi) is 9.31. The maximum Gasteiger partial charge on any atom is 0.335 e. The molecule has 210 valence electrons. The van der Waals surface area contributed by atoms with Crippen molar-refractivity contribution in [2.45, 2.75) is 52.0 Å². The molecule has 10 nitrogen and oxygen atoms in total. The normalized spacial score (nSPS) is 12.7. The molecule has 0 saturated heterocycles. The van der Waals surface area contributed by atoms with Gasteiger partial charge in [0.2, 0.25) is 11.8 Å². The van der Waals surface area contributed by atoms with Crippen LogP contribution in [0, 0.1) is 19.3 Å². The first kappa shape index (κ1) is 30.0. The zero-order valence-electron chi connectivity index (χ0n) is 23.1. The lowest BCUT2D eigenvalue weighted by atomic mass is 9.89. The monoisotopic (exact) mass is 556 g/mol. The van der Waals surface area contributed by atoms with Crippen LogP contribution in [0.15, 0.2) is 53.4 Å². The number of hydrogen-bond donors (Lipinski definition) is 2. The molecule has 39 heavy (non-hydrogen) atoms. The molecule has 0 aliphatic carbocycles. The van der Waals surface area contributed by atoms with E-state index < -0.39 is 22.7 Å². The van der Waals surface area contributed by atoms with Gasteiger partial charge in [0.25, 0.3) is 10.0 Å². The summed E-state index contributed by atoms with van der Waals surface area (Å²) in [6.45, 7) is 9.87. The Morgan fingerprint density at radius 3 is 2.31 bits per heavy atom. The van der Waals surface area contributed by atoms with Gasteiger partial charge in [-0.25, -0.2) is 22.5 Å². The largest absolute Gasteiger partial charge is 0.478 e. The van der Waals surface area contributed by atoms with Gasteiger partial charge in [-0.05, 0) is 55.0 Å². The third-order valence-corrected chi connectivity index (χ3v) is 7.59. The number of carboxylic acid groups (broad SMARTS) is 1. The average molecular weight is 557 g/mol. The lowest BCUT2D eigenvalue weighted by Gasteiger charge is -2.24. The fourth-order valence-electron chi connectivity index (χ4n) is 4.25. The van der Waals surface area contributed by atoms with Crippen molar-refractivity contribution in [2.75, 3.05) is 24.8 Å². The highest BCUT2D eigenvalue weighted by atomic mass is 32.2. The fourth-order valence-corrected chi connectivity index (χ4v) is 5.57. The zero-order chi connectivity index (χ0) is 29.0. The van der Waals surface area contributed by atoms with E-state index in [2.05, 4.69) is 30.7 Å².